The maximum Gasteiger partial charge on any atom is 0.266 e. The quantitative estimate of drug-likeness (QED) is 0.476. The Kier molecular flexibility index (Phi) is 6.95. The Labute approximate surface area is 212 Å². The van der Waals surface area contributed by atoms with Crippen LogP contribution in [0.15, 0.2) is 35.4 Å². The normalized spacial score (nSPS) is 18.4. The fourth-order valence-corrected chi connectivity index (χ4v) is 5.38. The van der Waals surface area contributed by atoms with Crippen molar-refractivity contribution in [1.82, 2.24) is 19.4 Å². The van der Waals surface area contributed by atoms with Gasteiger partial charge in [-0.3, -0.25) is 14.3 Å². The molecule has 37 heavy (non-hydrogen) atoms. The van der Waals surface area contributed by atoms with E-state index in [4.69, 9.17) is 9.47 Å². The van der Waals surface area contributed by atoms with Gasteiger partial charge in [0.2, 0.25) is 0 Å². The van der Waals surface area contributed by atoms with Crippen molar-refractivity contribution in [3.05, 3.63) is 63.5 Å². The summed E-state index contributed by atoms with van der Waals surface area (Å²) in [5.74, 6) is -0.475. The number of nitrogens with zero attached hydrogens (tertiary/aromatic N) is 5. The number of pyridine rings is 1. The Morgan fingerprint density at radius 3 is 2.59 bits per heavy atom. The van der Waals surface area contributed by atoms with Crippen molar-refractivity contribution in [2.75, 3.05) is 45.4 Å². The minimum absolute atomic E-state index is 0.00448. The van der Waals surface area contributed by atoms with E-state index in [-0.39, 0.29) is 17.7 Å². The number of anilines is 1. The van der Waals surface area contributed by atoms with E-state index >= 15 is 0 Å². The maximum absolute atomic E-state index is 14.7. The van der Waals surface area contributed by atoms with Crippen LogP contribution in [-0.4, -0.2) is 65.9 Å². The maximum atomic E-state index is 14.7. The minimum Gasteiger partial charge on any atom is -0.378 e. The zero-order valence-electron chi connectivity index (χ0n) is 21.1. The number of piperidine rings is 1. The second kappa shape index (κ2) is 10.0. The molecule has 0 radical (unpaired) electrons. The van der Waals surface area contributed by atoms with Gasteiger partial charge >= 0.3 is 0 Å². The molecule has 198 valence electrons. The summed E-state index contributed by atoms with van der Waals surface area (Å²) in [5.41, 5.74) is -0.541. The molecule has 2 fully saturated rings. The number of hydrogen-bond acceptors (Lipinski definition) is 7. The Morgan fingerprint density at radius 1 is 1.24 bits per heavy atom. The highest BCUT2D eigenvalue weighted by Gasteiger charge is 2.41. The van der Waals surface area contributed by atoms with Crippen LogP contribution in [0.4, 0.5) is 19.0 Å². The van der Waals surface area contributed by atoms with Gasteiger partial charge < -0.3 is 14.4 Å². The Bertz CT molecular complexity index is 1350. The molecule has 2 aliphatic rings. The van der Waals surface area contributed by atoms with E-state index in [1.165, 1.54) is 23.0 Å². The number of fused-ring (bicyclic) bond motifs is 1. The number of alkyl halides is 2. The summed E-state index contributed by atoms with van der Waals surface area (Å²) in [5, 5.41) is 0.596. The van der Waals surface area contributed by atoms with E-state index in [9.17, 15) is 18.0 Å². The molecule has 0 unspecified atom stereocenters. The van der Waals surface area contributed by atoms with Gasteiger partial charge in [-0.25, -0.2) is 23.1 Å². The van der Waals surface area contributed by atoms with E-state index in [2.05, 4.69) is 14.9 Å². The number of methoxy groups -OCH3 is 1. The van der Waals surface area contributed by atoms with Crippen LogP contribution in [0.3, 0.4) is 0 Å². The molecule has 0 spiro atoms. The molecule has 2 saturated heterocycles. The van der Waals surface area contributed by atoms with Gasteiger partial charge in [-0.05, 0) is 18.9 Å². The van der Waals surface area contributed by atoms with Crippen molar-refractivity contribution < 1.29 is 22.6 Å². The van der Waals surface area contributed by atoms with Crippen LogP contribution in [0.2, 0.25) is 0 Å². The van der Waals surface area contributed by atoms with Crippen molar-refractivity contribution in [2.45, 2.75) is 37.5 Å². The first kappa shape index (κ1) is 25.6. The number of benzene rings is 1. The largest absolute Gasteiger partial charge is 0.378 e. The molecule has 2 aromatic heterocycles. The molecular weight excluding hydrogens is 487 g/mol. The molecular formula is C26H30F3N5O3. The van der Waals surface area contributed by atoms with Crippen molar-refractivity contribution >= 4 is 16.9 Å². The molecule has 5 rings (SSSR count). The number of ether oxygens (including phenoxy) is 2. The van der Waals surface area contributed by atoms with Gasteiger partial charge in [0.15, 0.2) is 0 Å². The van der Waals surface area contributed by atoms with Crippen LogP contribution < -0.4 is 10.5 Å². The summed E-state index contributed by atoms with van der Waals surface area (Å²) in [6.45, 7) is 3.02. The fourth-order valence-electron chi connectivity index (χ4n) is 5.38. The van der Waals surface area contributed by atoms with Gasteiger partial charge in [0.1, 0.15) is 29.2 Å². The highest BCUT2D eigenvalue weighted by atomic mass is 19.3. The second-order valence-electron chi connectivity index (χ2n) is 9.76. The number of aryl methyl sites for hydroxylation is 1. The third-order valence-electron chi connectivity index (χ3n) is 7.72. The van der Waals surface area contributed by atoms with Crippen molar-refractivity contribution in [1.29, 1.82) is 0 Å². The average Bonchev–Trinajstić information content (AvgIpc) is 2.86. The zero-order chi connectivity index (χ0) is 26.3. The summed E-state index contributed by atoms with van der Waals surface area (Å²) < 4.78 is 54.0. The predicted molar refractivity (Wildman–Crippen MR) is 132 cm³/mol. The lowest BCUT2D eigenvalue weighted by atomic mass is 9.83. The van der Waals surface area contributed by atoms with Crippen LogP contribution in [0, 0.1) is 5.82 Å². The molecule has 0 bridgehead atoms. The van der Waals surface area contributed by atoms with Crippen LogP contribution in [0.1, 0.15) is 36.0 Å². The monoisotopic (exact) mass is 517 g/mol. The first-order valence-electron chi connectivity index (χ1n) is 12.2. The van der Waals surface area contributed by atoms with E-state index in [0.29, 0.717) is 41.3 Å². The third-order valence-corrected chi connectivity index (χ3v) is 7.72. The van der Waals surface area contributed by atoms with E-state index in [1.54, 1.807) is 32.2 Å². The summed E-state index contributed by atoms with van der Waals surface area (Å²) in [4.78, 5) is 26.3. The molecule has 0 amide bonds. The lowest BCUT2D eigenvalue weighted by Gasteiger charge is -2.45. The van der Waals surface area contributed by atoms with Gasteiger partial charge in [-0.1, -0.05) is 18.2 Å². The molecule has 11 heteroatoms. The van der Waals surface area contributed by atoms with E-state index in [0.717, 1.165) is 32.4 Å². The number of likely N-dealkylation sites (tertiary alicyclic amines) is 1. The lowest BCUT2D eigenvalue weighted by Crippen LogP contribution is -2.55. The minimum atomic E-state index is -2.91. The van der Waals surface area contributed by atoms with E-state index < -0.39 is 23.4 Å². The Hall–Kier alpha value is -3.02. The van der Waals surface area contributed by atoms with Crippen molar-refractivity contribution in [3.63, 3.8) is 0 Å². The molecule has 1 aromatic carbocycles. The highest BCUT2D eigenvalue weighted by molar-refractivity contribution is 5.87. The summed E-state index contributed by atoms with van der Waals surface area (Å²) >= 11 is 0. The highest BCUT2D eigenvalue weighted by Crippen LogP contribution is 2.37. The molecule has 8 nitrogen and oxygen atoms in total. The van der Waals surface area contributed by atoms with Crippen molar-refractivity contribution in [3.8, 4) is 0 Å². The van der Waals surface area contributed by atoms with Crippen LogP contribution >= 0.6 is 0 Å². The first-order valence-corrected chi connectivity index (χ1v) is 12.2. The fraction of sp³-hybridized carbons (Fsp3) is 0.500. The second-order valence-corrected chi connectivity index (χ2v) is 9.76. The number of hydrogen-bond donors (Lipinski definition) is 0. The third kappa shape index (κ3) is 4.49. The van der Waals surface area contributed by atoms with Gasteiger partial charge in [-0.2, -0.15) is 0 Å². The standard InChI is InChI=1S/C26H30F3N5O3/c1-32(12-16-5-4-6-18(21(16)27)22(28)29)23-19-11-20(25(35)33(2)24(19)31-15-30-23)26(36-3)7-9-34(10-8-26)17-13-37-14-17/h4-6,11,15,17,22H,7-10,12-14H2,1-3H3. The number of halogens is 3. The van der Waals surface area contributed by atoms with Crippen molar-refractivity contribution in [2.24, 2.45) is 7.05 Å². The molecule has 0 N–H and O–H groups in total. The molecule has 2 aliphatic heterocycles. The summed E-state index contributed by atoms with van der Waals surface area (Å²) in [6.07, 6.45) is -0.281. The molecule has 0 saturated carbocycles. The van der Waals surface area contributed by atoms with Gasteiger partial charge in [0, 0.05) is 46.4 Å². The lowest BCUT2D eigenvalue weighted by molar-refractivity contribution is -0.113. The first-order chi connectivity index (χ1) is 17.8. The molecule has 0 atom stereocenters. The molecule has 0 aliphatic carbocycles. The Balaban J connectivity index is 1.52. The van der Waals surface area contributed by atoms with E-state index in [1.807, 2.05) is 0 Å². The van der Waals surface area contributed by atoms with Crippen LogP contribution in [0.25, 0.3) is 11.0 Å². The summed E-state index contributed by atoms with van der Waals surface area (Å²) in [7, 11) is 4.98. The molecule has 3 aromatic rings. The molecule has 4 heterocycles. The number of rotatable bonds is 7. The Morgan fingerprint density at radius 2 is 1.97 bits per heavy atom. The zero-order valence-corrected chi connectivity index (χ0v) is 21.1. The van der Waals surface area contributed by atoms with Gasteiger partial charge in [0.05, 0.1) is 35.8 Å². The predicted octanol–water partition coefficient (Wildman–Crippen LogP) is 3.38. The van der Waals surface area contributed by atoms with Gasteiger partial charge in [0.25, 0.3) is 12.0 Å². The smallest absolute Gasteiger partial charge is 0.266 e. The average molecular weight is 518 g/mol. The SMILES string of the molecule is COC1(c2cc3c(N(C)Cc4cccc(C(F)F)c4F)ncnc3n(C)c2=O)CCN(C2COC2)CC1. The number of aromatic nitrogens is 3. The summed E-state index contributed by atoms with van der Waals surface area (Å²) in [6, 6.07) is 6.16. The topological polar surface area (TPSA) is 72.7 Å². The van der Waals surface area contributed by atoms with Crippen LogP contribution in [0.5, 0.6) is 0 Å². The van der Waals surface area contributed by atoms with Gasteiger partial charge in [-0.15, -0.1) is 0 Å². The van der Waals surface area contributed by atoms with Crippen LogP contribution in [-0.2, 0) is 28.7 Å².